The van der Waals surface area contributed by atoms with Gasteiger partial charge in [-0.3, -0.25) is 5.21 Å². The van der Waals surface area contributed by atoms with Crippen LogP contribution in [0.15, 0.2) is 23.2 Å². The summed E-state index contributed by atoms with van der Waals surface area (Å²) in [5.41, 5.74) is 7.64. The van der Waals surface area contributed by atoms with Crippen LogP contribution in [0.5, 0.6) is 0 Å². The van der Waals surface area contributed by atoms with Crippen molar-refractivity contribution < 1.29 is 9.60 Å². The van der Waals surface area contributed by atoms with E-state index in [9.17, 15) is 4.39 Å². The predicted molar refractivity (Wildman–Crippen MR) is 47.3 cm³/mol. The Morgan fingerprint density at radius 1 is 1.62 bits per heavy atom. The summed E-state index contributed by atoms with van der Waals surface area (Å²) >= 11 is 0. The molecule has 0 aliphatic carbocycles. The van der Waals surface area contributed by atoms with Gasteiger partial charge in [-0.05, 0) is 24.6 Å². The number of guanidine groups is 1. The molecule has 0 bridgehead atoms. The van der Waals surface area contributed by atoms with E-state index < -0.39 is 5.82 Å². The lowest BCUT2D eigenvalue weighted by atomic mass is 10.2. The number of halogens is 1. The molecule has 0 radical (unpaired) electrons. The van der Waals surface area contributed by atoms with E-state index in [2.05, 4.69) is 4.99 Å². The first kappa shape index (κ1) is 9.47. The highest BCUT2D eigenvalue weighted by atomic mass is 19.1. The summed E-state index contributed by atoms with van der Waals surface area (Å²) < 4.78 is 13.1. The molecule has 0 amide bonds. The van der Waals surface area contributed by atoms with Gasteiger partial charge in [0.15, 0.2) is 0 Å². The van der Waals surface area contributed by atoms with Gasteiger partial charge in [0, 0.05) is 0 Å². The van der Waals surface area contributed by atoms with Gasteiger partial charge in [0.2, 0.25) is 5.96 Å². The monoisotopic (exact) mass is 183 g/mol. The van der Waals surface area contributed by atoms with E-state index in [0.717, 1.165) is 5.56 Å². The fourth-order valence-corrected chi connectivity index (χ4v) is 0.857. The van der Waals surface area contributed by atoms with Crippen LogP contribution in [0.2, 0.25) is 0 Å². The summed E-state index contributed by atoms with van der Waals surface area (Å²) in [5, 5.41) is 8.31. The van der Waals surface area contributed by atoms with E-state index in [1.165, 1.54) is 12.1 Å². The fourth-order valence-electron chi connectivity index (χ4n) is 0.857. The van der Waals surface area contributed by atoms with Gasteiger partial charge in [-0.2, -0.15) is 0 Å². The minimum Gasteiger partial charge on any atom is -0.368 e. The van der Waals surface area contributed by atoms with Crippen molar-refractivity contribution in [3.8, 4) is 0 Å². The van der Waals surface area contributed by atoms with Crippen LogP contribution in [0.3, 0.4) is 0 Å². The number of nitrogens with one attached hydrogen (secondary N) is 1. The number of benzene rings is 1. The lowest BCUT2D eigenvalue weighted by Crippen LogP contribution is -2.27. The van der Waals surface area contributed by atoms with Crippen LogP contribution in [0.1, 0.15) is 5.56 Å². The predicted octanol–water partition coefficient (Wildman–Crippen LogP) is 1.06. The van der Waals surface area contributed by atoms with Crippen LogP contribution in [-0.4, -0.2) is 11.2 Å². The molecule has 70 valence electrons. The number of rotatable bonds is 1. The zero-order chi connectivity index (χ0) is 9.84. The molecule has 1 aromatic rings. The third kappa shape index (κ3) is 2.41. The molecule has 4 N–H and O–H groups in total. The van der Waals surface area contributed by atoms with E-state index in [4.69, 9.17) is 10.9 Å². The highest BCUT2D eigenvalue weighted by Gasteiger charge is 2.00. The Morgan fingerprint density at radius 3 is 2.85 bits per heavy atom. The second-order valence-electron chi connectivity index (χ2n) is 2.56. The van der Waals surface area contributed by atoms with Crippen molar-refractivity contribution >= 4 is 11.6 Å². The molecule has 0 fully saturated rings. The van der Waals surface area contributed by atoms with Crippen LogP contribution >= 0.6 is 0 Å². The van der Waals surface area contributed by atoms with Gasteiger partial charge in [0.05, 0.1) is 0 Å². The number of hydrogen-bond donors (Lipinski definition) is 3. The van der Waals surface area contributed by atoms with Gasteiger partial charge < -0.3 is 5.73 Å². The van der Waals surface area contributed by atoms with Gasteiger partial charge in [0.1, 0.15) is 11.5 Å². The number of aryl methyl sites for hydroxylation is 1. The summed E-state index contributed by atoms with van der Waals surface area (Å²) in [5.74, 6) is -0.721. The average Bonchev–Trinajstić information content (AvgIpc) is 2.09. The Balaban J connectivity index is 3.03. The SMILES string of the molecule is Cc1ccc(N=C(N)NO)c(F)c1. The van der Waals surface area contributed by atoms with Crippen LogP contribution in [0.25, 0.3) is 0 Å². The van der Waals surface area contributed by atoms with E-state index in [-0.39, 0.29) is 11.6 Å². The summed E-state index contributed by atoms with van der Waals surface area (Å²) in [4.78, 5) is 3.58. The third-order valence-corrected chi connectivity index (χ3v) is 1.46. The molecule has 0 saturated heterocycles. The molecule has 0 heterocycles. The van der Waals surface area contributed by atoms with E-state index in [1.807, 2.05) is 0 Å². The molecular weight excluding hydrogens is 173 g/mol. The smallest absolute Gasteiger partial charge is 0.218 e. The van der Waals surface area contributed by atoms with Crippen LogP contribution in [0, 0.1) is 12.7 Å². The number of hydrogen-bond acceptors (Lipinski definition) is 2. The topological polar surface area (TPSA) is 70.6 Å². The van der Waals surface area contributed by atoms with Crippen molar-refractivity contribution in [2.75, 3.05) is 0 Å². The molecule has 0 saturated carbocycles. The first-order valence-electron chi connectivity index (χ1n) is 3.64. The molecule has 0 aromatic heterocycles. The quantitative estimate of drug-likeness (QED) is 0.346. The molecule has 5 heteroatoms. The number of hydroxylamine groups is 1. The van der Waals surface area contributed by atoms with E-state index in [1.54, 1.807) is 18.5 Å². The average molecular weight is 183 g/mol. The van der Waals surface area contributed by atoms with Crippen molar-refractivity contribution in [2.24, 2.45) is 10.7 Å². The van der Waals surface area contributed by atoms with Crippen molar-refractivity contribution in [1.29, 1.82) is 0 Å². The highest BCUT2D eigenvalue weighted by Crippen LogP contribution is 2.17. The molecule has 13 heavy (non-hydrogen) atoms. The highest BCUT2D eigenvalue weighted by molar-refractivity contribution is 5.79. The van der Waals surface area contributed by atoms with E-state index >= 15 is 0 Å². The van der Waals surface area contributed by atoms with Gasteiger partial charge in [0.25, 0.3) is 0 Å². The zero-order valence-electron chi connectivity index (χ0n) is 7.08. The van der Waals surface area contributed by atoms with Crippen molar-refractivity contribution in [2.45, 2.75) is 6.92 Å². The Kier molecular flexibility index (Phi) is 2.81. The van der Waals surface area contributed by atoms with Gasteiger partial charge >= 0.3 is 0 Å². The maximum absolute atomic E-state index is 13.1. The first-order chi connectivity index (χ1) is 6.13. The third-order valence-electron chi connectivity index (χ3n) is 1.46. The van der Waals surface area contributed by atoms with Crippen molar-refractivity contribution in [1.82, 2.24) is 5.48 Å². The standard InChI is InChI=1S/C8H10FN3O/c1-5-2-3-7(6(9)4-5)11-8(10)12-13/h2-4,13H,1H3,(H3,10,11,12). The van der Waals surface area contributed by atoms with Crippen LogP contribution < -0.4 is 11.2 Å². The molecule has 1 rings (SSSR count). The summed E-state index contributed by atoms with van der Waals surface area (Å²) in [6.45, 7) is 1.77. The molecule has 0 aliphatic rings. The van der Waals surface area contributed by atoms with Crippen molar-refractivity contribution in [3.63, 3.8) is 0 Å². The number of nitrogens with two attached hydrogens (primary N) is 1. The Labute approximate surface area is 74.9 Å². The lowest BCUT2D eigenvalue weighted by Gasteiger charge is -2.00. The summed E-state index contributed by atoms with van der Waals surface area (Å²) in [6, 6.07) is 4.52. The van der Waals surface area contributed by atoms with Gasteiger partial charge in [-0.25, -0.2) is 14.9 Å². The second-order valence-corrected chi connectivity index (χ2v) is 2.56. The zero-order valence-corrected chi connectivity index (χ0v) is 7.08. The Morgan fingerprint density at radius 2 is 2.31 bits per heavy atom. The molecule has 0 atom stereocenters. The minimum absolute atomic E-state index is 0.0876. The van der Waals surface area contributed by atoms with Crippen LogP contribution in [-0.2, 0) is 0 Å². The van der Waals surface area contributed by atoms with Gasteiger partial charge in [-0.1, -0.05) is 6.07 Å². The van der Waals surface area contributed by atoms with E-state index in [0.29, 0.717) is 0 Å². The Bertz CT molecular complexity index is 338. The molecule has 1 aromatic carbocycles. The molecular formula is C8H10FN3O. The summed E-state index contributed by atoms with van der Waals surface area (Å²) in [6.07, 6.45) is 0. The number of nitrogens with zero attached hydrogens (tertiary/aromatic N) is 1. The lowest BCUT2D eigenvalue weighted by molar-refractivity contribution is 0.233. The second kappa shape index (κ2) is 3.86. The Hall–Kier alpha value is -1.62. The molecule has 0 aliphatic heterocycles. The van der Waals surface area contributed by atoms with Gasteiger partial charge in [-0.15, -0.1) is 0 Å². The largest absolute Gasteiger partial charge is 0.368 e. The van der Waals surface area contributed by atoms with Crippen LogP contribution in [0.4, 0.5) is 10.1 Å². The maximum Gasteiger partial charge on any atom is 0.218 e. The fraction of sp³-hybridized carbons (Fsp3) is 0.125. The normalized spacial score (nSPS) is 11.5. The first-order valence-corrected chi connectivity index (χ1v) is 3.64. The minimum atomic E-state index is -0.474. The van der Waals surface area contributed by atoms with Crippen molar-refractivity contribution in [3.05, 3.63) is 29.6 Å². The molecule has 4 nitrogen and oxygen atoms in total. The summed E-state index contributed by atoms with van der Waals surface area (Å²) in [7, 11) is 0. The number of aliphatic imine (C=N–C) groups is 1. The molecule has 0 spiro atoms. The molecule has 0 unspecified atom stereocenters. The maximum atomic E-state index is 13.1.